The number of nitrogens with zero attached hydrogens (tertiary/aromatic N) is 5. The van der Waals surface area contributed by atoms with Gasteiger partial charge in [0.15, 0.2) is 0 Å². The second-order valence-electron chi connectivity index (χ2n) is 7.77. The summed E-state index contributed by atoms with van der Waals surface area (Å²) in [6.45, 7) is 5.68. The van der Waals surface area contributed by atoms with Crippen molar-refractivity contribution in [3.63, 3.8) is 0 Å². The van der Waals surface area contributed by atoms with E-state index >= 15 is 0 Å². The standard InChI is InChI=1S/C20H24N6/c1-15-12-20(7-9-21-10-8-20)13-25(15)18-11-17(16-5-3-2-4-6-16)26-19(24-18)22-14-23-26/h2-6,11,14-15,21H,7-10,12-13H2,1H3. The zero-order chi connectivity index (χ0) is 17.6. The highest BCUT2D eigenvalue weighted by molar-refractivity contribution is 5.66. The molecule has 6 heteroatoms. The van der Waals surface area contributed by atoms with E-state index in [4.69, 9.17) is 4.98 Å². The van der Waals surface area contributed by atoms with Crippen LogP contribution in [0.3, 0.4) is 0 Å². The lowest BCUT2D eigenvalue weighted by Crippen LogP contribution is -2.38. The Bertz CT molecular complexity index is 912. The third kappa shape index (κ3) is 2.56. The third-order valence-electron chi connectivity index (χ3n) is 6.03. The molecule has 1 N–H and O–H groups in total. The summed E-state index contributed by atoms with van der Waals surface area (Å²) < 4.78 is 1.83. The zero-order valence-corrected chi connectivity index (χ0v) is 15.1. The Morgan fingerprint density at radius 1 is 1.15 bits per heavy atom. The molecule has 0 saturated carbocycles. The minimum absolute atomic E-state index is 0.430. The monoisotopic (exact) mass is 348 g/mol. The predicted molar refractivity (Wildman–Crippen MR) is 102 cm³/mol. The lowest BCUT2D eigenvalue weighted by Gasteiger charge is -2.33. The fraction of sp³-hybridized carbons (Fsp3) is 0.450. The molecule has 2 saturated heterocycles. The fourth-order valence-electron chi connectivity index (χ4n) is 4.71. The molecule has 0 aliphatic carbocycles. The molecular weight excluding hydrogens is 324 g/mol. The molecule has 1 aromatic carbocycles. The molecule has 0 amide bonds. The molecule has 0 bridgehead atoms. The van der Waals surface area contributed by atoms with Gasteiger partial charge >= 0.3 is 0 Å². The number of fused-ring (bicyclic) bond motifs is 1. The van der Waals surface area contributed by atoms with E-state index in [9.17, 15) is 0 Å². The summed E-state index contributed by atoms with van der Waals surface area (Å²) in [5.74, 6) is 1.69. The lowest BCUT2D eigenvalue weighted by molar-refractivity contribution is 0.227. The summed E-state index contributed by atoms with van der Waals surface area (Å²) in [5.41, 5.74) is 2.61. The molecule has 2 aromatic heterocycles. The van der Waals surface area contributed by atoms with Gasteiger partial charge in [-0.1, -0.05) is 30.3 Å². The van der Waals surface area contributed by atoms with Crippen LogP contribution in [0.4, 0.5) is 5.82 Å². The summed E-state index contributed by atoms with van der Waals surface area (Å²) in [6.07, 6.45) is 5.34. The maximum atomic E-state index is 4.83. The second-order valence-corrected chi connectivity index (χ2v) is 7.77. The number of rotatable bonds is 2. The van der Waals surface area contributed by atoms with Crippen molar-refractivity contribution in [3.05, 3.63) is 42.7 Å². The van der Waals surface area contributed by atoms with Gasteiger partial charge in [0.05, 0.1) is 5.69 Å². The van der Waals surface area contributed by atoms with Crippen LogP contribution in [0, 0.1) is 5.41 Å². The van der Waals surface area contributed by atoms with Gasteiger partial charge in [0.2, 0.25) is 0 Å². The van der Waals surface area contributed by atoms with E-state index in [1.54, 1.807) is 6.33 Å². The second kappa shape index (κ2) is 6.06. The van der Waals surface area contributed by atoms with Gasteiger partial charge in [-0.15, -0.1) is 0 Å². The summed E-state index contributed by atoms with van der Waals surface area (Å²) >= 11 is 0. The Labute approximate surface area is 153 Å². The van der Waals surface area contributed by atoms with Crippen LogP contribution in [0.1, 0.15) is 26.2 Å². The van der Waals surface area contributed by atoms with Crippen LogP contribution >= 0.6 is 0 Å². The van der Waals surface area contributed by atoms with Crippen molar-refractivity contribution in [2.45, 2.75) is 32.2 Å². The molecule has 5 rings (SSSR count). The molecule has 26 heavy (non-hydrogen) atoms. The first-order chi connectivity index (χ1) is 12.7. The quantitative estimate of drug-likeness (QED) is 0.772. The molecule has 2 fully saturated rings. The van der Waals surface area contributed by atoms with E-state index < -0.39 is 0 Å². The van der Waals surface area contributed by atoms with E-state index in [0.717, 1.165) is 36.7 Å². The van der Waals surface area contributed by atoms with Crippen molar-refractivity contribution >= 4 is 11.6 Å². The van der Waals surface area contributed by atoms with E-state index in [2.05, 4.69) is 57.6 Å². The van der Waals surface area contributed by atoms with Crippen LogP contribution in [-0.2, 0) is 0 Å². The van der Waals surface area contributed by atoms with Crippen molar-refractivity contribution < 1.29 is 0 Å². The Hall–Kier alpha value is -2.47. The Balaban J connectivity index is 1.57. The summed E-state index contributed by atoms with van der Waals surface area (Å²) in [4.78, 5) is 11.7. The molecule has 1 atom stereocenters. The van der Waals surface area contributed by atoms with E-state index in [-0.39, 0.29) is 0 Å². The van der Waals surface area contributed by atoms with Gasteiger partial charge in [-0.3, -0.25) is 0 Å². The lowest BCUT2D eigenvalue weighted by atomic mass is 9.77. The maximum Gasteiger partial charge on any atom is 0.254 e. The summed E-state index contributed by atoms with van der Waals surface area (Å²) in [6, 6.07) is 13.0. The minimum atomic E-state index is 0.430. The molecule has 1 unspecified atom stereocenters. The van der Waals surface area contributed by atoms with Crippen LogP contribution in [0.15, 0.2) is 42.7 Å². The first-order valence-corrected chi connectivity index (χ1v) is 9.48. The molecule has 6 nitrogen and oxygen atoms in total. The highest BCUT2D eigenvalue weighted by Crippen LogP contribution is 2.43. The van der Waals surface area contributed by atoms with Crippen LogP contribution in [0.5, 0.6) is 0 Å². The number of hydrogen-bond acceptors (Lipinski definition) is 5. The molecule has 4 heterocycles. The first kappa shape index (κ1) is 15.8. The van der Waals surface area contributed by atoms with Crippen LogP contribution < -0.4 is 10.2 Å². The topological polar surface area (TPSA) is 58.4 Å². The van der Waals surface area contributed by atoms with Gasteiger partial charge in [0.1, 0.15) is 12.1 Å². The molecule has 134 valence electrons. The van der Waals surface area contributed by atoms with Crippen molar-refractivity contribution in [1.29, 1.82) is 0 Å². The molecule has 2 aliphatic rings. The zero-order valence-electron chi connectivity index (χ0n) is 15.1. The van der Waals surface area contributed by atoms with E-state index in [1.165, 1.54) is 19.3 Å². The number of piperidine rings is 1. The fourth-order valence-corrected chi connectivity index (χ4v) is 4.71. The molecule has 1 spiro atoms. The van der Waals surface area contributed by atoms with Gasteiger partial charge < -0.3 is 10.2 Å². The Kier molecular flexibility index (Phi) is 3.67. The van der Waals surface area contributed by atoms with Crippen molar-refractivity contribution in [2.75, 3.05) is 24.5 Å². The normalized spacial score (nSPS) is 22.3. The van der Waals surface area contributed by atoms with E-state index in [0.29, 0.717) is 17.2 Å². The molecular formula is C20H24N6. The number of anilines is 1. The number of benzene rings is 1. The summed E-state index contributed by atoms with van der Waals surface area (Å²) in [7, 11) is 0. The van der Waals surface area contributed by atoms with Gasteiger partial charge in [0.25, 0.3) is 5.78 Å². The Morgan fingerprint density at radius 2 is 1.96 bits per heavy atom. The molecule has 3 aromatic rings. The number of nitrogens with one attached hydrogen (secondary N) is 1. The highest BCUT2D eigenvalue weighted by Gasteiger charge is 2.43. The predicted octanol–water partition coefficient (Wildman–Crippen LogP) is 2.76. The van der Waals surface area contributed by atoms with E-state index in [1.807, 2.05) is 10.6 Å². The number of aromatic nitrogens is 4. The van der Waals surface area contributed by atoms with Crippen molar-refractivity contribution in [2.24, 2.45) is 5.41 Å². The average Bonchev–Trinajstić information content (AvgIpc) is 3.27. The molecule has 0 radical (unpaired) electrons. The van der Waals surface area contributed by atoms with Gasteiger partial charge in [-0.05, 0) is 44.7 Å². The van der Waals surface area contributed by atoms with Crippen LogP contribution in [0.25, 0.3) is 17.0 Å². The summed E-state index contributed by atoms with van der Waals surface area (Å²) in [5, 5.41) is 7.88. The first-order valence-electron chi connectivity index (χ1n) is 9.48. The largest absolute Gasteiger partial charge is 0.353 e. The Morgan fingerprint density at radius 3 is 2.77 bits per heavy atom. The van der Waals surface area contributed by atoms with Gasteiger partial charge in [-0.2, -0.15) is 19.6 Å². The third-order valence-corrected chi connectivity index (χ3v) is 6.03. The van der Waals surface area contributed by atoms with Gasteiger partial charge in [-0.25, -0.2) is 0 Å². The van der Waals surface area contributed by atoms with Crippen LogP contribution in [-0.4, -0.2) is 45.3 Å². The molecule has 2 aliphatic heterocycles. The average molecular weight is 348 g/mol. The smallest absolute Gasteiger partial charge is 0.254 e. The number of hydrogen-bond donors (Lipinski definition) is 1. The SMILES string of the molecule is CC1CC2(CCNCC2)CN1c1cc(-c2ccccc2)n2ncnc2n1. The minimum Gasteiger partial charge on any atom is -0.353 e. The van der Waals surface area contributed by atoms with Crippen LogP contribution in [0.2, 0.25) is 0 Å². The highest BCUT2D eigenvalue weighted by atomic mass is 15.3. The van der Waals surface area contributed by atoms with Gasteiger partial charge in [0, 0.05) is 24.2 Å². The maximum absolute atomic E-state index is 4.83. The van der Waals surface area contributed by atoms with Crippen molar-refractivity contribution in [3.8, 4) is 11.3 Å². The van der Waals surface area contributed by atoms with Crippen molar-refractivity contribution in [1.82, 2.24) is 24.9 Å².